The molecule has 0 bridgehead atoms. The van der Waals surface area contributed by atoms with Crippen LogP contribution in [-0.4, -0.2) is 48.6 Å². The van der Waals surface area contributed by atoms with Crippen LogP contribution < -0.4 is 10.1 Å². The largest absolute Gasteiger partial charge is 0.507 e. The number of methoxy groups -OCH3 is 2. The first kappa shape index (κ1) is 26.0. The van der Waals surface area contributed by atoms with Crippen molar-refractivity contribution < 1.29 is 33.3 Å². The van der Waals surface area contributed by atoms with Crippen molar-refractivity contribution in [1.29, 1.82) is 0 Å². The summed E-state index contributed by atoms with van der Waals surface area (Å²) in [6.07, 6.45) is 0. The van der Waals surface area contributed by atoms with Crippen molar-refractivity contribution in [2.24, 2.45) is 0 Å². The summed E-state index contributed by atoms with van der Waals surface area (Å²) >= 11 is 0. The van der Waals surface area contributed by atoms with Crippen LogP contribution in [0.4, 0.5) is 14.5 Å². The minimum Gasteiger partial charge on any atom is -0.507 e. The highest BCUT2D eigenvalue weighted by atomic mass is 19.1. The Morgan fingerprint density at radius 3 is 2.43 bits per heavy atom. The number of phenols is 1. The van der Waals surface area contributed by atoms with Crippen LogP contribution >= 0.6 is 0 Å². The van der Waals surface area contributed by atoms with Gasteiger partial charge in [-0.25, -0.2) is 13.6 Å². The van der Waals surface area contributed by atoms with Gasteiger partial charge in [-0.05, 0) is 35.9 Å². The Labute approximate surface area is 212 Å². The highest BCUT2D eigenvalue weighted by Crippen LogP contribution is 2.47. The number of carboxylic acids is 1. The van der Waals surface area contributed by atoms with E-state index in [1.807, 2.05) is 13.8 Å². The molecule has 3 aromatic carbocycles. The van der Waals surface area contributed by atoms with Crippen LogP contribution in [0, 0.1) is 11.6 Å². The zero-order valence-electron chi connectivity index (χ0n) is 21.1. The van der Waals surface area contributed by atoms with Crippen LogP contribution in [0.3, 0.4) is 0 Å². The van der Waals surface area contributed by atoms with Gasteiger partial charge in [-0.15, -0.1) is 0 Å². The molecule has 37 heavy (non-hydrogen) atoms. The maximum absolute atomic E-state index is 14.7. The molecule has 1 aromatic heterocycles. The van der Waals surface area contributed by atoms with Crippen molar-refractivity contribution in [3.8, 4) is 28.3 Å². The number of rotatable bonds is 8. The van der Waals surface area contributed by atoms with E-state index in [2.05, 4.69) is 5.32 Å². The summed E-state index contributed by atoms with van der Waals surface area (Å²) in [4.78, 5) is 11.7. The zero-order valence-corrected chi connectivity index (χ0v) is 21.1. The molecular weight excluding hydrogens is 482 g/mol. The molecule has 0 atom stereocenters. The molecule has 0 radical (unpaired) electrons. The molecule has 4 aromatic rings. The van der Waals surface area contributed by atoms with E-state index < -0.39 is 23.0 Å². The van der Waals surface area contributed by atoms with Crippen LogP contribution in [-0.2, 0) is 10.2 Å². The number of nitrogens with zero attached hydrogens (tertiary/aromatic N) is 1. The highest BCUT2D eigenvalue weighted by molar-refractivity contribution is 6.05. The van der Waals surface area contributed by atoms with Crippen LogP contribution in [0.5, 0.6) is 11.5 Å². The molecule has 0 aliphatic heterocycles. The number of phenolic OH excluding ortho intramolecular Hbond substituents is 1. The second-order valence-corrected chi connectivity index (χ2v) is 9.33. The number of carboxylic acid groups (broad SMARTS) is 1. The number of anilines is 1. The number of aromatic hydroxyl groups is 1. The molecule has 0 aliphatic carbocycles. The fourth-order valence-electron chi connectivity index (χ4n) is 4.86. The first-order chi connectivity index (χ1) is 17.5. The normalized spacial score (nSPS) is 11.6. The maximum Gasteiger partial charge on any atom is 0.337 e. The van der Waals surface area contributed by atoms with Gasteiger partial charge in [0.15, 0.2) is 11.6 Å². The Balaban J connectivity index is 2.22. The first-order valence-electron chi connectivity index (χ1n) is 11.5. The lowest BCUT2D eigenvalue weighted by atomic mass is 9.84. The monoisotopic (exact) mass is 510 g/mol. The molecule has 0 aliphatic rings. The van der Waals surface area contributed by atoms with Gasteiger partial charge in [0, 0.05) is 54.3 Å². The Hall–Kier alpha value is -4.11. The fourth-order valence-corrected chi connectivity index (χ4v) is 4.86. The first-order valence-corrected chi connectivity index (χ1v) is 11.5. The van der Waals surface area contributed by atoms with E-state index in [0.29, 0.717) is 39.1 Å². The van der Waals surface area contributed by atoms with Crippen LogP contribution in [0.2, 0.25) is 0 Å². The van der Waals surface area contributed by atoms with Gasteiger partial charge in [0.1, 0.15) is 11.6 Å². The van der Waals surface area contributed by atoms with E-state index in [0.717, 1.165) is 6.07 Å². The number of ether oxygens (including phenoxy) is 2. The topological polar surface area (TPSA) is 93.0 Å². The molecule has 0 spiro atoms. The standard InChI is InChI=1S/C28H28F2N2O5/c1-28(2,14-36-4)26-24(15-6-8-18(27(34)35)20(10-15)31-3)25-21(11-16(29)12-22(25)33)32(26)17-7-9-19(30)23(13-17)37-5/h6-13,31,33H,14H2,1-5H3,(H,34,35). The van der Waals surface area contributed by atoms with Gasteiger partial charge in [0.2, 0.25) is 0 Å². The van der Waals surface area contributed by atoms with Gasteiger partial charge < -0.3 is 29.6 Å². The average Bonchev–Trinajstić information content (AvgIpc) is 3.20. The number of fused-ring (bicyclic) bond motifs is 1. The Morgan fingerprint density at radius 2 is 1.81 bits per heavy atom. The summed E-state index contributed by atoms with van der Waals surface area (Å²) in [5.74, 6) is -2.60. The second kappa shape index (κ2) is 9.74. The summed E-state index contributed by atoms with van der Waals surface area (Å²) in [7, 11) is 4.53. The predicted octanol–water partition coefficient (Wildman–Crippen LogP) is 5.95. The molecule has 194 valence electrons. The third-order valence-corrected chi connectivity index (χ3v) is 6.36. The third-order valence-electron chi connectivity index (χ3n) is 6.36. The van der Waals surface area contributed by atoms with Crippen LogP contribution in [0.25, 0.3) is 27.7 Å². The van der Waals surface area contributed by atoms with E-state index in [1.54, 1.807) is 36.9 Å². The lowest BCUT2D eigenvalue weighted by molar-refractivity contribution is 0.0698. The molecule has 7 nitrogen and oxygen atoms in total. The summed E-state index contributed by atoms with van der Waals surface area (Å²) in [5.41, 5.74) is 2.35. The van der Waals surface area contributed by atoms with Gasteiger partial charge in [0.25, 0.3) is 0 Å². The van der Waals surface area contributed by atoms with Crippen molar-refractivity contribution in [1.82, 2.24) is 4.57 Å². The Bertz CT molecular complexity index is 1510. The fraction of sp³-hybridized carbons (Fsp3) is 0.250. The quantitative estimate of drug-likeness (QED) is 0.271. The van der Waals surface area contributed by atoms with Gasteiger partial charge in [-0.2, -0.15) is 0 Å². The molecule has 0 amide bonds. The van der Waals surface area contributed by atoms with Crippen molar-refractivity contribution in [3.63, 3.8) is 0 Å². The predicted molar refractivity (Wildman–Crippen MR) is 138 cm³/mol. The Kier molecular flexibility index (Phi) is 6.84. The number of carbonyl (C=O) groups is 1. The third kappa shape index (κ3) is 4.46. The number of nitrogens with one attached hydrogen (secondary N) is 1. The summed E-state index contributed by atoms with van der Waals surface area (Å²) in [6, 6.07) is 11.4. The van der Waals surface area contributed by atoms with Crippen molar-refractivity contribution in [3.05, 3.63) is 71.4 Å². The number of hydrogen-bond acceptors (Lipinski definition) is 5. The van der Waals surface area contributed by atoms with Gasteiger partial charge in [0.05, 0.1) is 30.2 Å². The van der Waals surface area contributed by atoms with Gasteiger partial charge >= 0.3 is 5.97 Å². The number of halogens is 2. The van der Waals surface area contributed by atoms with E-state index >= 15 is 0 Å². The summed E-state index contributed by atoms with van der Waals surface area (Å²) in [6.45, 7) is 4.12. The molecule has 4 rings (SSSR count). The number of benzene rings is 3. The smallest absolute Gasteiger partial charge is 0.337 e. The van der Waals surface area contributed by atoms with E-state index in [-0.39, 0.29) is 23.7 Å². The molecule has 0 saturated heterocycles. The molecule has 0 fully saturated rings. The SMILES string of the molecule is CNc1cc(-c2c(C(C)(C)COC)n(-c3ccc(F)c(OC)c3)c3cc(F)cc(O)c23)ccc1C(=O)O. The van der Waals surface area contributed by atoms with Crippen LogP contribution in [0.15, 0.2) is 48.5 Å². The highest BCUT2D eigenvalue weighted by Gasteiger charge is 2.34. The zero-order chi connectivity index (χ0) is 27.1. The number of aromatic nitrogens is 1. The van der Waals surface area contributed by atoms with Crippen LogP contribution in [0.1, 0.15) is 29.9 Å². The van der Waals surface area contributed by atoms with E-state index in [9.17, 15) is 23.8 Å². The molecule has 9 heteroatoms. The lowest BCUT2D eigenvalue weighted by Crippen LogP contribution is -2.27. The maximum atomic E-state index is 14.7. The molecular formula is C28H28F2N2O5. The average molecular weight is 511 g/mol. The second-order valence-electron chi connectivity index (χ2n) is 9.33. The Morgan fingerprint density at radius 1 is 1.08 bits per heavy atom. The van der Waals surface area contributed by atoms with Crippen molar-refractivity contribution in [2.45, 2.75) is 19.3 Å². The minimum atomic E-state index is -1.10. The summed E-state index contributed by atoms with van der Waals surface area (Å²) < 4.78 is 41.5. The minimum absolute atomic E-state index is 0.000281. The summed E-state index contributed by atoms with van der Waals surface area (Å²) in [5, 5.41) is 23.9. The van der Waals surface area contributed by atoms with Crippen molar-refractivity contribution in [2.75, 3.05) is 33.2 Å². The lowest BCUT2D eigenvalue weighted by Gasteiger charge is -2.28. The van der Waals surface area contributed by atoms with Gasteiger partial charge in [-0.3, -0.25) is 0 Å². The number of aromatic carboxylic acids is 1. The van der Waals surface area contributed by atoms with Gasteiger partial charge in [-0.1, -0.05) is 19.9 Å². The number of hydrogen-bond donors (Lipinski definition) is 3. The van der Waals surface area contributed by atoms with E-state index in [4.69, 9.17) is 9.47 Å². The van der Waals surface area contributed by atoms with Crippen molar-refractivity contribution >= 4 is 22.6 Å². The van der Waals surface area contributed by atoms with E-state index in [1.165, 1.54) is 31.4 Å². The molecule has 0 unspecified atom stereocenters. The molecule has 3 N–H and O–H groups in total. The molecule has 1 heterocycles. The molecule has 0 saturated carbocycles.